The van der Waals surface area contributed by atoms with Crippen LogP contribution in [0.4, 0.5) is 5.69 Å². The van der Waals surface area contributed by atoms with Gasteiger partial charge in [0.2, 0.25) is 0 Å². The first kappa shape index (κ1) is 12.5. The van der Waals surface area contributed by atoms with Gasteiger partial charge in [-0.15, -0.1) is 0 Å². The van der Waals surface area contributed by atoms with Crippen molar-refractivity contribution in [3.8, 4) is 5.75 Å². The second-order valence-electron chi connectivity index (χ2n) is 4.78. The van der Waals surface area contributed by atoms with Crippen molar-refractivity contribution in [2.75, 3.05) is 12.4 Å². The molecule has 98 valence electrons. The minimum Gasteiger partial charge on any atom is -0.497 e. The van der Waals surface area contributed by atoms with Crippen molar-refractivity contribution in [1.82, 2.24) is 0 Å². The summed E-state index contributed by atoms with van der Waals surface area (Å²) in [4.78, 5) is 0. The summed E-state index contributed by atoms with van der Waals surface area (Å²) in [5, 5.41) is 3.60. The van der Waals surface area contributed by atoms with Gasteiger partial charge >= 0.3 is 0 Å². The molecule has 1 unspecified atom stereocenters. The van der Waals surface area contributed by atoms with E-state index in [1.807, 2.05) is 18.2 Å². The Morgan fingerprint density at radius 1 is 1.21 bits per heavy atom. The molecule has 0 heterocycles. The van der Waals surface area contributed by atoms with E-state index < -0.39 is 0 Å². The van der Waals surface area contributed by atoms with Crippen molar-refractivity contribution in [1.29, 1.82) is 0 Å². The maximum atomic E-state index is 5.26. The SMILES string of the molecule is COc1cccc(NC2CCc3c(Br)cccc32)c1. The average Bonchev–Trinajstić information content (AvgIpc) is 2.84. The first-order valence-corrected chi connectivity index (χ1v) is 7.25. The Hall–Kier alpha value is -1.48. The fraction of sp³-hybridized carbons (Fsp3) is 0.250. The van der Waals surface area contributed by atoms with Gasteiger partial charge in [-0.25, -0.2) is 0 Å². The fourth-order valence-corrected chi connectivity index (χ4v) is 3.25. The van der Waals surface area contributed by atoms with E-state index in [1.54, 1.807) is 7.11 Å². The van der Waals surface area contributed by atoms with Crippen LogP contribution in [-0.4, -0.2) is 7.11 Å². The molecule has 2 aromatic carbocycles. The molecule has 0 aromatic heterocycles. The van der Waals surface area contributed by atoms with Crippen LogP contribution in [-0.2, 0) is 6.42 Å². The van der Waals surface area contributed by atoms with Gasteiger partial charge in [-0.3, -0.25) is 0 Å². The Morgan fingerprint density at radius 3 is 2.89 bits per heavy atom. The Morgan fingerprint density at radius 2 is 2.05 bits per heavy atom. The summed E-state index contributed by atoms with van der Waals surface area (Å²) in [5.74, 6) is 0.887. The Balaban J connectivity index is 1.84. The lowest BCUT2D eigenvalue weighted by Gasteiger charge is -2.16. The number of nitrogens with one attached hydrogen (secondary N) is 1. The number of benzene rings is 2. The predicted octanol–water partition coefficient (Wildman–Crippen LogP) is 4.56. The minimum atomic E-state index is 0.389. The monoisotopic (exact) mass is 317 g/mol. The van der Waals surface area contributed by atoms with Crippen LogP contribution in [0.25, 0.3) is 0 Å². The standard InChI is InChI=1S/C16H16BrNO/c1-19-12-5-2-4-11(10-12)18-16-9-8-13-14(16)6-3-7-15(13)17/h2-7,10,16,18H,8-9H2,1H3. The highest BCUT2D eigenvalue weighted by Gasteiger charge is 2.23. The number of hydrogen-bond acceptors (Lipinski definition) is 2. The molecule has 1 aliphatic carbocycles. The molecule has 0 fully saturated rings. The summed E-state index contributed by atoms with van der Waals surface area (Å²) in [7, 11) is 1.70. The second kappa shape index (κ2) is 5.25. The van der Waals surface area contributed by atoms with E-state index in [0.29, 0.717) is 6.04 Å². The topological polar surface area (TPSA) is 21.3 Å². The molecule has 2 nitrogen and oxygen atoms in total. The lowest BCUT2D eigenvalue weighted by molar-refractivity contribution is 0.415. The zero-order valence-electron chi connectivity index (χ0n) is 10.8. The van der Waals surface area contributed by atoms with Gasteiger partial charge in [-0.1, -0.05) is 34.1 Å². The van der Waals surface area contributed by atoms with Crippen molar-refractivity contribution in [3.63, 3.8) is 0 Å². The summed E-state index contributed by atoms with van der Waals surface area (Å²) in [6.07, 6.45) is 2.26. The van der Waals surface area contributed by atoms with Crippen LogP contribution < -0.4 is 10.1 Å². The quantitative estimate of drug-likeness (QED) is 0.896. The number of fused-ring (bicyclic) bond motifs is 1. The average molecular weight is 318 g/mol. The third-order valence-corrected chi connectivity index (χ3v) is 4.37. The molecule has 3 heteroatoms. The number of hydrogen-bond donors (Lipinski definition) is 1. The van der Waals surface area contributed by atoms with E-state index >= 15 is 0 Å². The van der Waals surface area contributed by atoms with Crippen LogP contribution in [0.1, 0.15) is 23.6 Å². The maximum Gasteiger partial charge on any atom is 0.120 e. The number of ether oxygens (including phenoxy) is 1. The second-order valence-corrected chi connectivity index (χ2v) is 5.63. The first-order valence-electron chi connectivity index (χ1n) is 6.46. The van der Waals surface area contributed by atoms with Gasteiger partial charge in [-0.05, 0) is 42.2 Å². The van der Waals surface area contributed by atoms with Crippen molar-refractivity contribution in [3.05, 3.63) is 58.1 Å². The molecule has 0 bridgehead atoms. The number of rotatable bonds is 3. The van der Waals surface area contributed by atoms with Gasteiger partial charge in [-0.2, -0.15) is 0 Å². The van der Waals surface area contributed by atoms with E-state index in [9.17, 15) is 0 Å². The summed E-state index contributed by atoms with van der Waals surface area (Å²) in [6.45, 7) is 0. The van der Waals surface area contributed by atoms with Crippen LogP contribution in [0.5, 0.6) is 5.75 Å². The Labute approximate surface area is 121 Å². The predicted molar refractivity (Wildman–Crippen MR) is 81.8 cm³/mol. The van der Waals surface area contributed by atoms with Gasteiger partial charge in [0, 0.05) is 16.2 Å². The Kier molecular flexibility index (Phi) is 3.47. The van der Waals surface area contributed by atoms with Crippen LogP contribution in [0.3, 0.4) is 0 Å². The van der Waals surface area contributed by atoms with Gasteiger partial charge < -0.3 is 10.1 Å². The fourth-order valence-electron chi connectivity index (χ4n) is 2.67. The highest BCUT2D eigenvalue weighted by molar-refractivity contribution is 9.10. The van der Waals surface area contributed by atoms with Crippen LogP contribution in [0.2, 0.25) is 0 Å². The third kappa shape index (κ3) is 2.47. The zero-order chi connectivity index (χ0) is 13.2. The van der Waals surface area contributed by atoms with E-state index in [2.05, 4.69) is 45.5 Å². The number of anilines is 1. The van der Waals surface area contributed by atoms with Crippen molar-refractivity contribution in [2.24, 2.45) is 0 Å². The molecular weight excluding hydrogens is 302 g/mol. The molecule has 19 heavy (non-hydrogen) atoms. The number of halogens is 1. The zero-order valence-corrected chi connectivity index (χ0v) is 12.4. The third-order valence-electron chi connectivity index (χ3n) is 3.62. The molecule has 0 saturated heterocycles. The highest BCUT2D eigenvalue weighted by Crippen LogP contribution is 2.37. The van der Waals surface area contributed by atoms with E-state index in [0.717, 1.165) is 24.3 Å². The van der Waals surface area contributed by atoms with Gasteiger partial charge in [0.05, 0.1) is 13.2 Å². The summed E-state index contributed by atoms with van der Waals surface area (Å²) >= 11 is 3.64. The van der Waals surface area contributed by atoms with Crippen LogP contribution in [0, 0.1) is 0 Å². The molecule has 0 radical (unpaired) electrons. The van der Waals surface area contributed by atoms with E-state index in [1.165, 1.54) is 15.6 Å². The normalized spacial score (nSPS) is 17.1. The largest absolute Gasteiger partial charge is 0.497 e. The molecule has 2 aromatic rings. The molecule has 0 saturated carbocycles. The van der Waals surface area contributed by atoms with Gasteiger partial charge in [0.15, 0.2) is 0 Å². The van der Waals surface area contributed by atoms with Crippen LogP contribution >= 0.6 is 15.9 Å². The number of methoxy groups -OCH3 is 1. The van der Waals surface area contributed by atoms with Crippen molar-refractivity contribution < 1.29 is 4.74 Å². The smallest absolute Gasteiger partial charge is 0.120 e. The van der Waals surface area contributed by atoms with Gasteiger partial charge in [0.25, 0.3) is 0 Å². The van der Waals surface area contributed by atoms with Crippen molar-refractivity contribution in [2.45, 2.75) is 18.9 Å². The molecule has 1 aliphatic rings. The molecule has 3 rings (SSSR count). The van der Waals surface area contributed by atoms with E-state index in [-0.39, 0.29) is 0 Å². The molecule has 0 spiro atoms. The minimum absolute atomic E-state index is 0.389. The molecule has 1 N–H and O–H groups in total. The lowest BCUT2D eigenvalue weighted by Crippen LogP contribution is -2.07. The lowest BCUT2D eigenvalue weighted by atomic mass is 10.1. The van der Waals surface area contributed by atoms with Crippen molar-refractivity contribution >= 4 is 21.6 Å². The molecule has 1 atom stereocenters. The molecular formula is C16H16BrNO. The van der Waals surface area contributed by atoms with E-state index in [4.69, 9.17) is 4.74 Å². The highest BCUT2D eigenvalue weighted by atomic mass is 79.9. The first-order chi connectivity index (χ1) is 9.28. The maximum absolute atomic E-state index is 5.26. The van der Waals surface area contributed by atoms with Crippen LogP contribution in [0.15, 0.2) is 46.9 Å². The summed E-state index contributed by atoms with van der Waals surface area (Å²) < 4.78 is 6.48. The summed E-state index contributed by atoms with van der Waals surface area (Å²) in [5.41, 5.74) is 3.94. The summed E-state index contributed by atoms with van der Waals surface area (Å²) in [6, 6.07) is 14.9. The molecule has 0 aliphatic heterocycles. The Bertz CT molecular complexity index is 597. The van der Waals surface area contributed by atoms with Gasteiger partial charge in [0.1, 0.15) is 5.75 Å². The molecule has 0 amide bonds.